The number of hydrogen-bond donors (Lipinski definition) is 3. The highest BCUT2D eigenvalue weighted by Crippen LogP contribution is 2.26. The van der Waals surface area contributed by atoms with E-state index < -0.39 is 0 Å². The van der Waals surface area contributed by atoms with Crippen molar-refractivity contribution in [1.29, 1.82) is 0 Å². The predicted molar refractivity (Wildman–Crippen MR) is 104 cm³/mol. The Bertz CT molecular complexity index is 656. The maximum Gasteiger partial charge on any atom is 0.224 e. The van der Waals surface area contributed by atoms with Crippen molar-refractivity contribution in [2.45, 2.75) is 51.9 Å². The third kappa shape index (κ3) is 6.48. The van der Waals surface area contributed by atoms with Gasteiger partial charge in [-0.2, -0.15) is 5.10 Å². The zero-order chi connectivity index (χ0) is 17.4. The van der Waals surface area contributed by atoms with Gasteiger partial charge in [0.1, 0.15) is 5.82 Å². The van der Waals surface area contributed by atoms with E-state index in [2.05, 4.69) is 34.3 Å². The second kappa shape index (κ2) is 10.8. The summed E-state index contributed by atoms with van der Waals surface area (Å²) in [7, 11) is 0. The Morgan fingerprint density at radius 1 is 1.20 bits per heavy atom. The van der Waals surface area contributed by atoms with Gasteiger partial charge in [-0.05, 0) is 31.5 Å². The van der Waals surface area contributed by atoms with Crippen molar-refractivity contribution in [2.75, 3.05) is 11.9 Å². The number of rotatable bonds is 9. The number of para-hydroxylation sites is 1. The molecule has 0 spiro atoms. The van der Waals surface area contributed by atoms with Crippen molar-refractivity contribution in [3.63, 3.8) is 0 Å². The number of benzene rings is 1. The lowest BCUT2D eigenvalue weighted by Gasteiger charge is -2.09. The van der Waals surface area contributed by atoms with Crippen LogP contribution in [0.15, 0.2) is 24.3 Å². The molecule has 25 heavy (non-hydrogen) atoms. The molecule has 0 saturated heterocycles. The Balaban J connectivity index is 0.00000312. The van der Waals surface area contributed by atoms with E-state index in [1.54, 1.807) is 0 Å². The van der Waals surface area contributed by atoms with Gasteiger partial charge in [0.05, 0.1) is 5.69 Å². The lowest BCUT2D eigenvalue weighted by molar-refractivity contribution is -0.116. The second-order valence-electron chi connectivity index (χ2n) is 6.25. The van der Waals surface area contributed by atoms with Gasteiger partial charge in [0, 0.05) is 17.9 Å². The molecule has 0 aliphatic heterocycles. The van der Waals surface area contributed by atoms with Crippen LogP contribution in [0.25, 0.3) is 11.4 Å². The minimum atomic E-state index is 0. The van der Waals surface area contributed by atoms with Gasteiger partial charge < -0.3 is 11.1 Å². The monoisotopic (exact) mass is 365 g/mol. The summed E-state index contributed by atoms with van der Waals surface area (Å²) < 4.78 is 0. The molecular formula is C18H28ClN5O. The Hall–Kier alpha value is -1.92. The zero-order valence-electron chi connectivity index (χ0n) is 14.9. The normalized spacial score (nSPS) is 10.6. The van der Waals surface area contributed by atoms with E-state index in [-0.39, 0.29) is 24.2 Å². The van der Waals surface area contributed by atoms with E-state index in [0.717, 1.165) is 42.8 Å². The highest BCUT2D eigenvalue weighted by Gasteiger charge is 2.13. The number of hydrogen-bond acceptors (Lipinski definition) is 4. The molecule has 1 heterocycles. The van der Waals surface area contributed by atoms with Gasteiger partial charge in [0.25, 0.3) is 0 Å². The minimum Gasteiger partial charge on any atom is -0.330 e. The molecule has 0 saturated carbocycles. The Kier molecular flexibility index (Phi) is 9.16. The fraction of sp³-hybridized carbons (Fsp3) is 0.500. The van der Waals surface area contributed by atoms with Crippen molar-refractivity contribution in [1.82, 2.24) is 15.2 Å². The summed E-state index contributed by atoms with van der Waals surface area (Å²) in [4.78, 5) is 16.7. The minimum absolute atomic E-state index is 0. The topological polar surface area (TPSA) is 96.7 Å². The van der Waals surface area contributed by atoms with Gasteiger partial charge in [0.2, 0.25) is 5.91 Å². The number of halogens is 1. The van der Waals surface area contributed by atoms with Crippen LogP contribution >= 0.6 is 12.4 Å². The van der Waals surface area contributed by atoms with Gasteiger partial charge >= 0.3 is 0 Å². The fourth-order valence-corrected chi connectivity index (χ4v) is 2.44. The number of unbranched alkanes of at least 4 members (excludes halogenated alkanes) is 3. The van der Waals surface area contributed by atoms with Gasteiger partial charge in [0.15, 0.2) is 5.82 Å². The van der Waals surface area contributed by atoms with Crippen molar-refractivity contribution in [3.8, 4) is 11.4 Å². The average Bonchev–Trinajstić information content (AvgIpc) is 3.05. The lowest BCUT2D eigenvalue weighted by Crippen LogP contribution is -2.12. The summed E-state index contributed by atoms with van der Waals surface area (Å²) in [6.45, 7) is 4.83. The number of nitrogens with two attached hydrogens (primary N) is 1. The summed E-state index contributed by atoms with van der Waals surface area (Å²) in [5.41, 5.74) is 7.05. The van der Waals surface area contributed by atoms with Crippen LogP contribution in [0.4, 0.5) is 5.69 Å². The highest BCUT2D eigenvalue weighted by molar-refractivity contribution is 5.94. The van der Waals surface area contributed by atoms with Crippen LogP contribution in [0, 0.1) is 0 Å². The summed E-state index contributed by atoms with van der Waals surface area (Å²) in [5, 5.41) is 10.2. The van der Waals surface area contributed by atoms with Crippen LogP contribution in [0.1, 0.15) is 57.7 Å². The van der Waals surface area contributed by atoms with Crippen LogP contribution < -0.4 is 11.1 Å². The van der Waals surface area contributed by atoms with Gasteiger partial charge in [-0.3, -0.25) is 9.89 Å². The van der Waals surface area contributed by atoms with Gasteiger partial charge in [-0.25, -0.2) is 4.98 Å². The molecule has 1 aromatic heterocycles. The molecule has 0 aliphatic rings. The standard InChI is InChI=1S/C18H27N5O.ClH/c1-13(2)17-21-18(23-22-17)14-9-6-7-10-15(14)20-16(24)11-5-3-4-8-12-19;/h6-7,9-10,13H,3-5,8,11-12,19H2,1-2H3,(H,20,24)(H,21,22,23);1H. The number of H-pyrrole nitrogens is 1. The molecule has 1 aromatic carbocycles. The number of aromatic amines is 1. The van der Waals surface area contributed by atoms with E-state index in [0.29, 0.717) is 18.8 Å². The first-order valence-electron chi connectivity index (χ1n) is 8.63. The molecule has 1 amide bonds. The molecule has 2 rings (SSSR count). The van der Waals surface area contributed by atoms with Crippen LogP contribution in [-0.2, 0) is 4.79 Å². The molecule has 0 aliphatic carbocycles. The first kappa shape index (κ1) is 21.1. The van der Waals surface area contributed by atoms with E-state index in [1.807, 2.05) is 24.3 Å². The Morgan fingerprint density at radius 3 is 2.60 bits per heavy atom. The van der Waals surface area contributed by atoms with E-state index >= 15 is 0 Å². The number of carbonyl (C=O) groups is 1. The number of nitrogens with zero attached hydrogens (tertiary/aromatic N) is 2. The number of carbonyl (C=O) groups excluding carboxylic acids is 1. The van der Waals surface area contributed by atoms with Crippen molar-refractivity contribution in [3.05, 3.63) is 30.1 Å². The van der Waals surface area contributed by atoms with Crippen LogP contribution in [0.3, 0.4) is 0 Å². The Morgan fingerprint density at radius 2 is 1.92 bits per heavy atom. The summed E-state index contributed by atoms with van der Waals surface area (Å²) in [6.07, 6.45) is 4.53. The van der Waals surface area contributed by atoms with Gasteiger partial charge in [-0.1, -0.05) is 38.8 Å². The zero-order valence-corrected chi connectivity index (χ0v) is 15.7. The van der Waals surface area contributed by atoms with Crippen LogP contribution in [0.2, 0.25) is 0 Å². The fourth-order valence-electron chi connectivity index (χ4n) is 2.44. The van der Waals surface area contributed by atoms with Gasteiger partial charge in [-0.15, -0.1) is 12.4 Å². The average molecular weight is 366 g/mol. The first-order valence-corrected chi connectivity index (χ1v) is 8.63. The van der Waals surface area contributed by atoms with Crippen LogP contribution in [0.5, 0.6) is 0 Å². The lowest BCUT2D eigenvalue weighted by atomic mass is 10.1. The number of aromatic nitrogens is 3. The third-order valence-electron chi connectivity index (χ3n) is 3.85. The quantitative estimate of drug-likeness (QED) is 0.587. The van der Waals surface area contributed by atoms with Crippen LogP contribution in [-0.4, -0.2) is 27.6 Å². The molecule has 6 nitrogen and oxygen atoms in total. The molecular weight excluding hydrogens is 338 g/mol. The highest BCUT2D eigenvalue weighted by atomic mass is 35.5. The van der Waals surface area contributed by atoms with Crippen molar-refractivity contribution in [2.24, 2.45) is 5.73 Å². The molecule has 0 unspecified atom stereocenters. The smallest absolute Gasteiger partial charge is 0.224 e. The largest absolute Gasteiger partial charge is 0.330 e. The van der Waals surface area contributed by atoms with E-state index in [1.165, 1.54) is 0 Å². The summed E-state index contributed by atoms with van der Waals surface area (Å²) in [6, 6.07) is 7.62. The molecule has 0 fully saturated rings. The number of amides is 1. The maximum absolute atomic E-state index is 12.2. The molecule has 0 bridgehead atoms. The molecule has 0 atom stereocenters. The SMILES string of the molecule is CC(C)c1nc(-c2ccccc2NC(=O)CCCCCCN)n[nH]1.Cl. The molecule has 138 valence electrons. The number of anilines is 1. The van der Waals surface area contributed by atoms with E-state index in [9.17, 15) is 4.79 Å². The maximum atomic E-state index is 12.2. The van der Waals surface area contributed by atoms with E-state index in [4.69, 9.17) is 5.73 Å². The summed E-state index contributed by atoms with van der Waals surface area (Å²) in [5.74, 6) is 1.75. The van der Waals surface area contributed by atoms with Crippen molar-refractivity contribution < 1.29 is 4.79 Å². The molecule has 0 radical (unpaired) electrons. The second-order valence-corrected chi connectivity index (χ2v) is 6.25. The predicted octanol–water partition coefficient (Wildman–Crippen LogP) is 3.86. The number of nitrogens with one attached hydrogen (secondary N) is 2. The molecule has 4 N–H and O–H groups in total. The molecule has 7 heteroatoms. The Labute approximate surface area is 155 Å². The summed E-state index contributed by atoms with van der Waals surface area (Å²) >= 11 is 0. The van der Waals surface area contributed by atoms with Crippen molar-refractivity contribution >= 4 is 24.0 Å². The first-order chi connectivity index (χ1) is 11.6. The third-order valence-corrected chi connectivity index (χ3v) is 3.85. The molecule has 2 aromatic rings.